The fourth-order valence-corrected chi connectivity index (χ4v) is 2.23. The zero-order chi connectivity index (χ0) is 13.7. The van der Waals surface area contributed by atoms with Gasteiger partial charge in [-0.15, -0.1) is 6.58 Å². The maximum Gasteiger partial charge on any atom is 0.125 e. The molecule has 0 unspecified atom stereocenters. The minimum Gasteiger partial charge on any atom is -0.491 e. The highest BCUT2D eigenvalue weighted by atomic mass is 16.5. The summed E-state index contributed by atoms with van der Waals surface area (Å²) >= 11 is 0. The van der Waals surface area contributed by atoms with Crippen LogP contribution in [0.2, 0.25) is 0 Å². The van der Waals surface area contributed by atoms with Crippen molar-refractivity contribution in [3.63, 3.8) is 0 Å². The summed E-state index contributed by atoms with van der Waals surface area (Å²) in [5.74, 6) is 0.991. The molecule has 0 fully saturated rings. The molecule has 0 aliphatic heterocycles. The van der Waals surface area contributed by atoms with E-state index < -0.39 is 0 Å². The van der Waals surface area contributed by atoms with Crippen molar-refractivity contribution in [2.24, 2.45) is 0 Å². The van der Waals surface area contributed by atoms with Crippen LogP contribution in [0, 0.1) is 13.8 Å². The molecule has 0 radical (unpaired) electrons. The van der Waals surface area contributed by atoms with Gasteiger partial charge >= 0.3 is 0 Å². The molecule has 2 rings (SSSR count). The van der Waals surface area contributed by atoms with E-state index in [9.17, 15) is 0 Å². The topological polar surface area (TPSA) is 27.1 Å². The first kappa shape index (κ1) is 13.4. The van der Waals surface area contributed by atoms with E-state index in [1.54, 1.807) is 12.5 Å². The van der Waals surface area contributed by atoms with Gasteiger partial charge in [-0.1, -0.05) is 23.8 Å². The number of nitrogens with zero attached hydrogens (tertiary/aromatic N) is 2. The van der Waals surface area contributed by atoms with E-state index in [1.807, 2.05) is 16.8 Å². The lowest BCUT2D eigenvalue weighted by atomic mass is 10.0. The van der Waals surface area contributed by atoms with Gasteiger partial charge in [0, 0.05) is 12.4 Å². The lowest BCUT2D eigenvalue weighted by Gasteiger charge is -2.14. The Kier molecular flexibility index (Phi) is 4.39. The van der Waals surface area contributed by atoms with E-state index in [4.69, 9.17) is 4.74 Å². The van der Waals surface area contributed by atoms with Crippen molar-refractivity contribution in [1.29, 1.82) is 0 Å². The number of rotatable bonds is 6. The molecule has 1 aromatic heterocycles. The second kappa shape index (κ2) is 6.23. The molecule has 0 N–H and O–H groups in total. The van der Waals surface area contributed by atoms with Crippen molar-refractivity contribution < 1.29 is 4.74 Å². The fraction of sp³-hybridized carbons (Fsp3) is 0.312. The highest BCUT2D eigenvalue weighted by molar-refractivity contribution is 5.44. The van der Waals surface area contributed by atoms with E-state index in [0.717, 1.165) is 18.7 Å². The predicted molar refractivity (Wildman–Crippen MR) is 77.5 cm³/mol. The molecule has 1 aromatic carbocycles. The maximum absolute atomic E-state index is 5.95. The summed E-state index contributed by atoms with van der Waals surface area (Å²) in [5, 5.41) is 0. The van der Waals surface area contributed by atoms with Gasteiger partial charge in [0.05, 0.1) is 12.9 Å². The normalized spacial score (nSPS) is 10.4. The molecule has 0 spiro atoms. The lowest BCUT2D eigenvalue weighted by Crippen LogP contribution is -2.08. The summed E-state index contributed by atoms with van der Waals surface area (Å²) in [6.07, 6.45) is 8.27. The Morgan fingerprint density at radius 2 is 2.21 bits per heavy atom. The third kappa shape index (κ3) is 3.47. The van der Waals surface area contributed by atoms with Crippen LogP contribution in [0.1, 0.15) is 16.7 Å². The number of benzene rings is 1. The third-order valence-electron chi connectivity index (χ3n) is 3.02. The van der Waals surface area contributed by atoms with Crippen molar-refractivity contribution in [3.8, 4) is 5.75 Å². The standard InChI is InChI=1S/C16H20N2O/c1-4-5-15-11-13(2)10-14(3)16(15)19-9-8-18-7-6-17-12-18/h4,6-7,10-12H,1,5,8-9H2,2-3H3. The summed E-state index contributed by atoms with van der Waals surface area (Å²) in [5.41, 5.74) is 3.65. The van der Waals surface area contributed by atoms with E-state index in [0.29, 0.717) is 6.61 Å². The first-order valence-corrected chi connectivity index (χ1v) is 6.50. The average molecular weight is 256 g/mol. The summed E-state index contributed by atoms with van der Waals surface area (Å²) in [7, 11) is 0. The Bertz CT molecular complexity index is 544. The van der Waals surface area contributed by atoms with Crippen molar-refractivity contribution in [1.82, 2.24) is 9.55 Å². The molecule has 0 amide bonds. The van der Waals surface area contributed by atoms with Gasteiger partial charge < -0.3 is 9.30 Å². The molecule has 3 nitrogen and oxygen atoms in total. The Morgan fingerprint density at radius 3 is 2.89 bits per heavy atom. The molecular formula is C16H20N2O. The molecule has 1 heterocycles. The van der Waals surface area contributed by atoms with Crippen LogP contribution in [-0.4, -0.2) is 16.2 Å². The molecule has 0 saturated heterocycles. The van der Waals surface area contributed by atoms with Gasteiger partial charge in [-0.2, -0.15) is 0 Å². The molecule has 0 bridgehead atoms. The zero-order valence-corrected chi connectivity index (χ0v) is 11.6. The summed E-state index contributed by atoms with van der Waals surface area (Å²) in [6.45, 7) is 9.45. The number of aryl methyl sites for hydroxylation is 2. The number of hydrogen-bond donors (Lipinski definition) is 0. The number of imidazole rings is 1. The number of allylic oxidation sites excluding steroid dienone is 1. The molecule has 100 valence electrons. The van der Waals surface area contributed by atoms with E-state index in [1.165, 1.54) is 16.7 Å². The number of ether oxygens (including phenoxy) is 1. The van der Waals surface area contributed by atoms with Crippen molar-refractivity contribution in [2.45, 2.75) is 26.8 Å². The fourth-order valence-electron chi connectivity index (χ4n) is 2.23. The number of hydrogen-bond acceptors (Lipinski definition) is 2. The van der Waals surface area contributed by atoms with Gasteiger partial charge in [0.1, 0.15) is 12.4 Å². The summed E-state index contributed by atoms with van der Waals surface area (Å²) < 4.78 is 7.96. The zero-order valence-electron chi connectivity index (χ0n) is 11.6. The monoisotopic (exact) mass is 256 g/mol. The second-order valence-corrected chi connectivity index (χ2v) is 4.71. The van der Waals surface area contributed by atoms with Gasteiger partial charge in [-0.3, -0.25) is 0 Å². The average Bonchev–Trinajstić information content (AvgIpc) is 2.86. The van der Waals surface area contributed by atoms with Gasteiger partial charge in [0.25, 0.3) is 0 Å². The second-order valence-electron chi connectivity index (χ2n) is 4.71. The van der Waals surface area contributed by atoms with E-state index >= 15 is 0 Å². The van der Waals surface area contributed by atoms with Crippen LogP contribution in [0.25, 0.3) is 0 Å². The maximum atomic E-state index is 5.95. The van der Waals surface area contributed by atoms with Crippen molar-refractivity contribution in [2.75, 3.05) is 6.61 Å². The van der Waals surface area contributed by atoms with Crippen LogP contribution < -0.4 is 4.74 Å². The smallest absolute Gasteiger partial charge is 0.125 e. The Labute approximate surface area is 114 Å². The summed E-state index contributed by atoms with van der Waals surface area (Å²) in [6, 6.07) is 4.32. The van der Waals surface area contributed by atoms with E-state index in [-0.39, 0.29) is 0 Å². The van der Waals surface area contributed by atoms with Gasteiger partial charge in [-0.05, 0) is 31.4 Å². The third-order valence-corrected chi connectivity index (χ3v) is 3.02. The first-order valence-electron chi connectivity index (χ1n) is 6.50. The van der Waals surface area contributed by atoms with Gasteiger partial charge in [0.2, 0.25) is 0 Å². The Morgan fingerprint density at radius 1 is 1.37 bits per heavy atom. The molecular weight excluding hydrogens is 236 g/mol. The van der Waals surface area contributed by atoms with E-state index in [2.05, 4.69) is 37.5 Å². The molecule has 0 atom stereocenters. The van der Waals surface area contributed by atoms with Crippen LogP contribution in [0.5, 0.6) is 5.75 Å². The van der Waals surface area contributed by atoms with Crippen LogP contribution in [0.15, 0.2) is 43.5 Å². The minimum atomic E-state index is 0.643. The molecule has 0 saturated carbocycles. The van der Waals surface area contributed by atoms with Crippen LogP contribution >= 0.6 is 0 Å². The van der Waals surface area contributed by atoms with Crippen molar-refractivity contribution >= 4 is 0 Å². The number of aromatic nitrogens is 2. The lowest BCUT2D eigenvalue weighted by molar-refractivity contribution is 0.294. The van der Waals surface area contributed by atoms with Gasteiger partial charge in [-0.25, -0.2) is 4.98 Å². The highest BCUT2D eigenvalue weighted by Crippen LogP contribution is 2.26. The molecule has 0 aliphatic rings. The SMILES string of the molecule is C=CCc1cc(C)cc(C)c1OCCn1ccnc1. The van der Waals surface area contributed by atoms with Crippen LogP contribution in [-0.2, 0) is 13.0 Å². The molecule has 0 aliphatic carbocycles. The van der Waals surface area contributed by atoms with Gasteiger partial charge in [0.15, 0.2) is 0 Å². The Balaban J connectivity index is 2.07. The van der Waals surface area contributed by atoms with Crippen LogP contribution in [0.3, 0.4) is 0 Å². The molecule has 19 heavy (non-hydrogen) atoms. The Hall–Kier alpha value is -2.03. The highest BCUT2D eigenvalue weighted by Gasteiger charge is 2.07. The largest absolute Gasteiger partial charge is 0.491 e. The minimum absolute atomic E-state index is 0.643. The van der Waals surface area contributed by atoms with Crippen LogP contribution in [0.4, 0.5) is 0 Å². The molecule has 3 heteroatoms. The predicted octanol–water partition coefficient (Wildman–Crippen LogP) is 3.31. The summed E-state index contributed by atoms with van der Waals surface area (Å²) in [4.78, 5) is 4.02. The van der Waals surface area contributed by atoms with Crippen molar-refractivity contribution in [3.05, 3.63) is 60.2 Å². The molecule has 2 aromatic rings. The first-order chi connectivity index (χ1) is 9.20. The quantitative estimate of drug-likeness (QED) is 0.741.